The molecule has 2 aliphatic rings. The predicted octanol–water partition coefficient (Wildman–Crippen LogP) is -0.997. The molecule has 2 aromatic heterocycles. The molecule has 4 rings (SSSR count). The summed E-state index contributed by atoms with van der Waals surface area (Å²) in [5.41, 5.74) is -0.649. The molecule has 23 heavy (non-hydrogen) atoms. The van der Waals surface area contributed by atoms with Crippen LogP contribution in [0.15, 0.2) is 18.3 Å². The third-order valence-corrected chi connectivity index (χ3v) is 4.46. The maximum absolute atomic E-state index is 10.4. The van der Waals surface area contributed by atoms with Crippen LogP contribution in [0, 0.1) is 0 Å². The minimum absolute atomic E-state index is 0.00432. The third kappa shape index (κ3) is 2.20. The van der Waals surface area contributed by atoms with Crippen LogP contribution in [0.2, 0.25) is 5.28 Å². The Morgan fingerprint density at radius 2 is 2.30 bits per heavy atom. The van der Waals surface area contributed by atoms with E-state index >= 15 is 0 Å². The molecule has 0 saturated carbocycles. The average molecular weight is 343 g/mol. The van der Waals surface area contributed by atoms with Gasteiger partial charge in [-0.2, -0.15) is 4.98 Å². The van der Waals surface area contributed by atoms with Crippen molar-refractivity contribution in [3.63, 3.8) is 0 Å². The number of aromatic nitrogens is 3. The minimum atomic E-state index is -1.30. The van der Waals surface area contributed by atoms with Crippen molar-refractivity contribution in [3.05, 3.63) is 23.6 Å². The van der Waals surface area contributed by atoms with Gasteiger partial charge in [0, 0.05) is 6.20 Å². The number of nitrogens with zero attached hydrogens (tertiary/aromatic N) is 3. The van der Waals surface area contributed by atoms with E-state index in [1.165, 1.54) is 4.52 Å². The third-order valence-electron chi connectivity index (χ3n) is 4.30. The lowest BCUT2D eigenvalue weighted by Crippen LogP contribution is -2.64. The molecule has 0 unspecified atom stereocenters. The number of ether oxygens (including phenoxy) is 2. The van der Waals surface area contributed by atoms with E-state index in [-0.39, 0.29) is 11.9 Å². The molecule has 5 atom stereocenters. The van der Waals surface area contributed by atoms with Crippen LogP contribution in [0.1, 0.15) is 0 Å². The van der Waals surface area contributed by atoms with Gasteiger partial charge in [0.1, 0.15) is 29.4 Å². The van der Waals surface area contributed by atoms with Crippen molar-refractivity contribution in [3.8, 4) is 0 Å². The fourth-order valence-corrected chi connectivity index (χ4v) is 3.19. The molecule has 9 nitrogen and oxygen atoms in total. The number of nitrogens with one attached hydrogen (secondary N) is 1. The summed E-state index contributed by atoms with van der Waals surface area (Å²) in [7, 11) is 0. The fraction of sp³-hybridized carbons (Fsp3) is 0.538. The zero-order valence-electron chi connectivity index (χ0n) is 11.8. The largest absolute Gasteiger partial charge is 0.393 e. The Balaban J connectivity index is 1.67. The highest BCUT2D eigenvalue weighted by Gasteiger charge is 2.59. The van der Waals surface area contributed by atoms with E-state index < -0.39 is 36.7 Å². The van der Waals surface area contributed by atoms with E-state index in [1.807, 2.05) is 0 Å². The Bertz CT molecular complexity index is 742. The molecule has 0 aromatic carbocycles. The summed E-state index contributed by atoms with van der Waals surface area (Å²) >= 11 is 5.90. The molecule has 0 aliphatic carbocycles. The Hall–Kier alpha value is -1.49. The quantitative estimate of drug-likeness (QED) is 0.560. The molecule has 4 heterocycles. The highest BCUT2D eigenvalue weighted by atomic mass is 35.5. The van der Waals surface area contributed by atoms with Gasteiger partial charge in [0.15, 0.2) is 12.1 Å². The van der Waals surface area contributed by atoms with Gasteiger partial charge in [-0.1, -0.05) is 0 Å². The van der Waals surface area contributed by atoms with E-state index in [0.717, 1.165) is 0 Å². The fourth-order valence-electron chi connectivity index (χ4n) is 3.02. The number of aliphatic hydroxyl groups is 3. The van der Waals surface area contributed by atoms with Gasteiger partial charge in [0.25, 0.3) is 0 Å². The first-order valence-electron chi connectivity index (χ1n) is 7.08. The lowest BCUT2D eigenvalue weighted by molar-refractivity contribution is -0.224. The number of anilines is 1. The molecule has 0 amide bonds. The number of hydrogen-bond donors (Lipinski definition) is 4. The van der Waals surface area contributed by atoms with Gasteiger partial charge in [-0.3, -0.25) is 0 Å². The summed E-state index contributed by atoms with van der Waals surface area (Å²) in [4.78, 5) is 4.12. The van der Waals surface area contributed by atoms with Gasteiger partial charge in [-0.15, -0.1) is 5.10 Å². The predicted molar refractivity (Wildman–Crippen MR) is 78.1 cm³/mol. The summed E-state index contributed by atoms with van der Waals surface area (Å²) in [6.45, 7) is -0.452. The first-order chi connectivity index (χ1) is 11.0. The number of fused-ring (bicyclic) bond motifs is 3. The van der Waals surface area contributed by atoms with Crippen LogP contribution in [-0.2, 0) is 9.47 Å². The van der Waals surface area contributed by atoms with E-state index in [0.29, 0.717) is 11.3 Å². The summed E-state index contributed by atoms with van der Waals surface area (Å²) in [6.07, 6.45) is -1.64. The van der Waals surface area contributed by atoms with Crippen molar-refractivity contribution >= 4 is 22.9 Å². The van der Waals surface area contributed by atoms with Crippen LogP contribution in [0.3, 0.4) is 0 Å². The number of halogens is 1. The van der Waals surface area contributed by atoms with Crippen molar-refractivity contribution in [1.82, 2.24) is 14.6 Å². The molecule has 2 bridgehead atoms. The van der Waals surface area contributed by atoms with Crippen molar-refractivity contribution in [2.75, 3.05) is 18.5 Å². The van der Waals surface area contributed by atoms with E-state index in [2.05, 4.69) is 15.4 Å². The first kappa shape index (κ1) is 15.1. The van der Waals surface area contributed by atoms with Crippen LogP contribution < -0.4 is 5.32 Å². The SMILES string of the molecule is OC[C@@]12CO[C@@H](O1)[C@H](Nc1nc(Cl)nn3cccc13)[C@@H](O)[C@H]2O. The normalized spacial score (nSPS) is 36.5. The molecule has 124 valence electrons. The second kappa shape index (κ2) is 5.26. The molecule has 2 aliphatic heterocycles. The monoisotopic (exact) mass is 342 g/mol. The van der Waals surface area contributed by atoms with Gasteiger partial charge in [0.05, 0.1) is 13.2 Å². The lowest BCUT2D eigenvalue weighted by Gasteiger charge is -2.42. The molecule has 10 heteroatoms. The maximum atomic E-state index is 10.4. The van der Waals surface area contributed by atoms with Gasteiger partial charge in [-0.25, -0.2) is 4.52 Å². The summed E-state index contributed by atoms with van der Waals surface area (Å²) in [5.74, 6) is 0.377. The van der Waals surface area contributed by atoms with Gasteiger partial charge in [-0.05, 0) is 23.7 Å². The molecular weight excluding hydrogens is 328 g/mol. The van der Waals surface area contributed by atoms with Crippen molar-refractivity contribution in [2.24, 2.45) is 0 Å². The number of hydrogen-bond acceptors (Lipinski definition) is 8. The van der Waals surface area contributed by atoms with Gasteiger partial charge < -0.3 is 30.1 Å². The number of aliphatic hydroxyl groups excluding tert-OH is 3. The standard InChI is InChI=1S/C13H15ClN4O5/c14-12-16-10(6-2-1-3-18(6)17-12)15-7-8(20)9(21)13(4-19)5-22-11(7)23-13/h1-3,7-9,11,19-21H,4-5H2,(H,15,16,17)/t7-,8-,9-,11+,13+/m1/s1. The Labute approximate surface area is 135 Å². The van der Waals surface area contributed by atoms with Crippen LogP contribution in [0.5, 0.6) is 0 Å². The van der Waals surface area contributed by atoms with Crippen molar-refractivity contribution in [1.29, 1.82) is 0 Å². The molecule has 2 fully saturated rings. The van der Waals surface area contributed by atoms with Crippen LogP contribution in [-0.4, -0.2) is 73.3 Å². The molecular formula is C13H15ClN4O5. The molecule has 0 spiro atoms. The van der Waals surface area contributed by atoms with Gasteiger partial charge in [0.2, 0.25) is 5.28 Å². The Morgan fingerprint density at radius 1 is 1.48 bits per heavy atom. The van der Waals surface area contributed by atoms with Crippen molar-refractivity contribution < 1.29 is 24.8 Å². The van der Waals surface area contributed by atoms with Crippen LogP contribution >= 0.6 is 11.6 Å². The van der Waals surface area contributed by atoms with E-state index in [4.69, 9.17) is 21.1 Å². The second-order valence-corrected chi connectivity index (χ2v) is 6.03. The maximum Gasteiger partial charge on any atom is 0.243 e. The second-order valence-electron chi connectivity index (χ2n) is 5.69. The lowest BCUT2D eigenvalue weighted by atomic mass is 9.88. The Morgan fingerprint density at radius 3 is 3.09 bits per heavy atom. The summed E-state index contributed by atoms with van der Waals surface area (Å²) in [6, 6.07) is 2.77. The number of rotatable bonds is 3. The minimum Gasteiger partial charge on any atom is -0.393 e. The van der Waals surface area contributed by atoms with Crippen LogP contribution in [0.25, 0.3) is 5.52 Å². The molecule has 2 saturated heterocycles. The van der Waals surface area contributed by atoms with Crippen molar-refractivity contribution in [2.45, 2.75) is 30.1 Å². The zero-order chi connectivity index (χ0) is 16.2. The summed E-state index contributed by atoms with van der Waals surface area (Å²) < 4.78 is 12.6. The molecule has 2 aromatic rings. The van der Waals surface area contributed by atoms with E-state index in [9.17, 15) is 15.3 Å². The first-order valence-corrected chi connectivity index (χ1v) is 7.46. The Kier molecular flexibility index (Phi) is 3.45. The van der Waals surface area contributed by atoms with E-state index in [1.54, 1.807) is 18.3 Å². The highest BCUT2D eigenvalue weighted by molar-refractivity contribution is 6.28. The van der Waals surface area contributed by atoms with Gasteiger partial charge >= 0.3 is 0 Å². The molecule has 4 N–H and O–H groups in total. The smallest absolute Gasteiger partial charge is 0.243 e. The zero-order valence-corrected chi connectivity index (χ0v) is 12.6. The average Bonchev–Trinajstić information content (AvgIpc) is 3.15. The topological polar surface area (TPSA) is 121 Å². The molecule has 0 radical (unpaired) electrons. The highest BCUT2D eigenvalue weighted by Crippen LogP contribution is 2.37. The summed E-state index contributed by atoms with van der Waals surface area (Å²) in [5, 5.41) is 37.2. The van der Waals surface area contributed by atoms with Crippen LogP contribution in [0.4, 0.5) is 5.82 Å².